The standard InChI is InChI=1S/C17H18N2O6S2/c1-11-8-12-9-13(26(18,20)21)2-4-15(12)19(11)27(22,23)14-3-5-16-17(10-14)25-7-6-24-16/h2-5,9-11H,6-8H2,1H3,(H2,18,20,21). The molecule has 0 spiro atoms. The van der Waals surface area contributed by atoms with Crippen molar-refractivity contribution in [2.24, 2.45) is 5.14 Å². The summed E-state index contributed by atoms with van der Waals surface area (Å²) in [7, 11) is -7.72. The predicted molar refractivity (Wildman–Crippen MR) is 98.1 cm³/mol. The molecular weight excluding hydrogens is 392 g/mol. The van der Waals surface area contributed by atoms with Crippen molar-refractivity contribution in [3.05, 3.63) is 42.0 Å². The van der Waals surface area contributed by atoms with E-state index < -0.39 is 20.0 Å². The molecule has 8 nitrogen and oxygen atoms in total. The van der Waals surface area contributed by atoms with E-state index in [1.807, 2.05) is 0 Å². The lowest BCUT2D eigenvalue weighted by atomic mass is 10.1. The number of nitrogens with zero attached hydrogens (tertiary/aromatic N) is 1. The van der Waals surface area contributed by atoms with E-state index in [4.69, 9.17) is 14.6 Å². The highest BCUT2D eigenvalue weighted by Gasteiger charge is 2.37. The van der Waals surface area contributed by atoms with E-state index in [-0.39, 0.29) is 15.8 Å². The van der Waals surface area contributed by atoms with Crippen molar-refractivity contribution in [3.8, 4) is 11.5 Å². The molecule has 2 heterocycles. The van der Waals surface area contributed by atoms with Gasteiger partial charge in [0.25, 0.3) is 10.0 Å². The molecule has 0 saturated heterocycles. The van der Waals surface area contributed by atoms with Crippen LogP contribution >= 0.6 is 0 Å². The highest BCUT2D eigenvalue weighted by Crippen LogP contribution is 2.39. The lowest BCUT2D eigenvalue weighted by Crippen LogP contribution is -2.35. The second kappa shape index (κ2) is 6.11. The second-order valence-corrected chi connectivity index (χ2v) is 9.87. The fourth-order valence-electron chi connectivity index (χ4n) is 3.42. The first-order valence-corrected chi connectivity index (χ1v) is 11.3. The number of fused-ring (bicyclic) bond motifs is 2. The maximum Gasteiger partial charge on any atom is 0.264 e. The Labute approximate surface area is 157 Å². The van der Waals surface area contributed by atoms with Crippen molar-refractivity contribution in [2.45, 2.75) is 29.2 Å². The molecule has 2 aliphatic heterocycles. The van der Waals surface area contributed by atoms with Gasteiger partial charge in [0.15, 0.2) is 11.5 Å². The molecule has 0 aromatic heterocycles. The van der Waals surface area contributed by atoms with Crippen LogP contribution in [0.1, 0.15) is 12.5 Å². The summed E-state index contributed by atoms with van der Waals surface area (Å²) in [6.45, 7) is 2.55. The van der Waals surface area contributed by atoms with Gasteiger partial charge in [-0.1, -0.05) is 0 Å². The Morgan fingerprint density at radius 3 is 2.33 bits per heavy atom. The molecule has 0 saturated carbocycles. The predicted octanol–water partition coefficient (Wildman–Crippen LogP) is 1.25. The summed E-state index contributed by atoms with van der Waals surface area (Å²) < 4.78 is 61.9. The Morgan fingerprint density at radius 1 is 0.963 bits per heavy atom. The van der Waals surface area contributed by atoms with Gasteiger partial charge in [-0.2, -0.15) is 0 Å². The summed E-state index contributed by atoms with van der Waals surface area (Å²) in [6.07, 6.45) is 0.391. The SMILES string of the molecule is CC1Cc2cc(S(N)(=O)=O)ccc2N1S(=O)(=O)c1ccc2c(c1)OCCO2. The number of sulfonamides is 2. The van der Waals surface area contributed by atoms with E-state index in [0.29, 0.717) is 42.4 Å². The van der Waals surface area contributed by atoms with Gasteiger partial charge >= 0.3 is 0 Å². The van der Waals surface area contributed by atoms with Crippen molar-refractivity contribution in [2.75, 3.05) is 17.5 Å². The number of anilines is 1. The van der Waals surface area contributed by atoms with E-state index in [0.717, 1.165) is 0 Å². The maximum atomic E-state index is 13.3. The summed E-state index contributed by atoms with van der Waals surface area (Å²) >= 11 is 0. The van der Waals surface area contributed by atoms with Crippen molar-refractivity contribution < 1.29 is 26.3 Å². The van der Waals surface area contributed by atoms with Gasteiger partial charge < -0.3 is 9.47 Å². The van der Waals surface area contributed by atoms with E-state index >= 15 is 0 Å². The van der Waals surface area contributed by atoms with Gasteiger partial charge in [0.1, 0.15) is 13.2 Å². The van der Waals surface area contributed by atoms with Crippen LogP contribution in [-0.4, -0.2) is 36.1 Å². The Bertz CT molecular complexity index is 1130. The van der Waals surface area contributed by atoms with Gasteiger partial charge in [-0.25, -0.2) is 22.0 Å². The van der Waals surface area contributed by atoms with Crippen LogP contribution in [0.5, 0.6) is 11.5 Å². The zero-order chi connectivity index (χ0) is 19.4. The van der Waals surface area contributed by atoms with Crippen molar-refractivity contribution in [3.63, 3.8) is 0 Å². The minimum atomic E-state index is -3.87. The van der Waals surface area contributed by atoms with Gasteiger partial charge in [0, 0.05) is 12.1 Å². The molecule has 27 heavy (non-hydrogen) atoms. The topological polar surface area (TPSA) is 116 Å². The average Bonchev–Trinajstić information content (AvgIpc) is 2.96. The Kier molecular flexibility index (Phi) is 4.09. The lowest BCUT2D eigenvalue weighted by molar-refractivity contribution is 0.171. The van der Waals surface area contributed by atoms with Gasteiger partial charge in [-0.3, -0.25) is 4.31 Å². The monoisotopic (exact) mass is 410 g/mol. The van der Waals surface area contributed by atoms with Crippen LogP contribution in [0.15, 0.2) is 46.2 Å². The minimum Gasteiger partial charge on any atom is -0.486 e. The third kappa shape index (κ3) is 3.03. The number of rotatable bonds is 3. The molecule has 2 aromatic rings. The van der Waals surface area contributed by atoms with Crippen LogP contribution < -0.4 is 18.9 Å². The largest absolute Gasteiger partial charge is 0.486 e. The van der Waals surface area contributed by atoms with Crippen molar-refractivity contribution in [1.29, 1.82) is 0 Å². The molecular formula is C17H18N2O6S2. The molecule has 4 rings (SSSR count). The first-order valence-electron chi connectivity index (χ1n) is 8.28. The molecule has 2 aromatic carbocycles. The molecule has 2 N–H and O–H groups in total. The normalized spacial score (nSPS) is 19.0. The number of benzene rings is 2. The van der Waals surface area contributed by atoms with Crippen molar-refractivity contribution in [1.82, 2.24) is 0 Å². The minimum absolute atomic E-state index is 0.0352. The van der Waals surface area contributed by atoms with Crippen LogP contribution in [0.4, 0.5) is 5.69 Å². The number of hydrogen-bond donors (Lipinski definition) is 1. The molecule has 2 aliphatic rings. The smallest absolute Gasteiger partial charge is 0.264 e. The number of hydrogen-bond acceptors (Lipinski definition) is 6. The zero-order valence-corrected chi connectivity index (χ0v) is 16.1. The van der Waals surface area contributed by atoms with Crippen LogP contribution in [0.25, 0.3) is 0 Å². The van der Waals surface area contributed by atoms with E-state index in [1.54, 1.807) is 13.0 Å². The Morgan fingerprint density at radius 2 is 1.63 bits per heavy atom. The molecule has 10 heteroatoms. The van der Waals surface area contributed by atoms with Crippen LogP contribution in [0, 0.1) is 0 Å². The average molecular weight is 410 g/mol. The number of ether oxygens (including phenoxy) is 2. The van der Waals surface area contributed by atoms with Crippen LogP contribution in [0.3, 0.4) is 0 Å². The zero-order valence-electron chi connectivity index (χ0n) is 14.5. The molecule has 0 amide bonds. The summed E-state index contributed by atoms with van der Waals surface area (Å²) in [5.74, 6) is 0.895. The fraction of sp³-hybridized carbons (Fsp3) is 0.294. The first kappa shape index (κ1) is 18.1. The fourth-order valence-corrected chi connectivity index (χ4v) is 5.69. The molecule has 1 atom stereocenters. The highest BCUT2D eigenvalue weighted by atomic mass is 32.2. The van der Waals surface area contributed by atoms with Crippen LogP contribution in [0.2, 0.25) is 0 Å². The number of nitrogens with two attached hydrogens (primary N) is 1. The highest BCUT2D eigenvalue weighted by molar-refractivity contribution is 7.93. The Balaban J connectivity index is 1.77. The van der Waals surface area contributed by atoms with E-state index in [1.165, 1.54) is 34.6 Å². The third-order valence-corrected chi connectivity index (χ3v) is 7.44. The molecule has 0 fully saturated rings. The van der Waals surface area contributed by atoms with Crippen LogP contribution in [-0.2, 0) is 26.5 Å². The Hall–Kier alpha value is -2.30. The lowest BCUT2D eigenvalue weighted by Gasteiger charge is -2.25. The van der Waals surface area contributed by atoms with Gasteiger partial charge in [0.2, 0.25) is 10.0 Å². The summed E-state index contributed by atoms with van der Waals surface area (Å²) in [5, 5.41) is 5.18. The molecule has 0 bridgehead atoms. The quantitative estimate of drug-likeness (QED) is 0.814. The molecule has 0 aliphatic carbocycles. The van der Waals surface area contributed by atoms with E-state index in [2.05, 4.69) is 0 Å². The molecule has 0 radical (unpaired) electrons. The summed E-state index contributed by atoms with van der Waals surface area (Å²) in [5.41, 5.74) is 1.07. The second-order valence-electron chi connectivity index (χ2n) is 6.50. The number of primary sulfonamides is 1. The van der Waals surface area contributed by atoms with E-state index in [9.17, 15) is 16.8 Å². The summed E-state index contributed by atoms with van der Waals surface area (Å²) in [6, 6.07) is 8.37. The first-order chi connectivity index (χ1) is 12.7. The van der Waals surface area contributed by atoms with Gasteiger partial charge in [-0.15, -0.1) is 0 Å². The maximum absolute atomic E-state index is 13.3. The van der Waals surface area contributed by atoms with Crippen molar-refractivity contribution >= 4 is 25.7 Å². The van der Waals surface area contributed by atoms with Gasteiger partial charge in [0.05, 0.1) is 15.5 Å². The summed E-state index contributed by atoms with van der Waals surface area (Å²) in [4.78, 5) is 0.0500. The molecule has 144 valence electrons. The molecule has 1 unspecified atom stereocenters. The van der Waals surface area contributed by atoms with Gasteiger partial charge in [-0.05, 0) is 49.2 Å². The third-order valence-electron chi connectivity index (χ3n) is 4.60.